The van der Waals surface area contributed by atoms with Gasteiger partial charge >= 0.3 is 42.9 Å². The minimum absolute atomic E-state index is 0. The molecular formula is C23H22NNaO5P+. The fourth-order valence-electron chi connectivity index (χ4n) is 4.82. The van der Waals surface area contributed by atoms with Gasteiger partial charge in [-0.2, -0.15) is 0 Å². The van der Waals surface area contributed by atoms with E-state index in [2.05, 4.69) is 5.32 Å². The topological polar surface area (TPSA) is 97.4 Å². The maximum atomic E-state index is 13.1. The first kappa shape index (κ1) is 23.7. The van der Waals surface area contributed by atoms with Crippen LogP contribution in [0.3, 0.4) is 0 Å². The second-order valence-electron chi connectivity index (χ2n) is 8.38. The molecule has 3 unspecified atom stereocenters. The van der Waals surface area contributed by atoms with Gasteiger partial charge in [0.25, 0.3) is 0 Å². The van der Waals surface area contributed by atoms with Gasteiger partial charge in [-0.1, -0.05) is 36.6 Å². The monoisotopic (exact) mass is 446 g/mol. The number of amides is 1. The van der Waals surface area contributed by atoms with Gasteiger partial charge in [0, 0.05) is 11.6 Å². The maximum absolute atomic E-state index is 13.1. The number of nitrogens with one attached hydrogen (secondary N) is 1. The number of Topliss-reactive ketones (excluding diaryl/α,β-unsaturated/α-hetero) is 2. The summed E-state index contributed by atoms with van der Waals surface area (Å²) in [5.74, 6) is -1.95. The zero-order valence-corrected chi connectivity index (χ0v) is 20.6. The third kappa shape index (κ3) is 3.56. The van der Waals surface area contributed by atoms with E-state index in [4.69, 9.17) is 0 Å². The van der Waals surface area contributed by atoms with Crippen molar-refractivity contribution in [3.63, 3.8) is 0 Å². The van der Waals surface area contributed by atoms with Crippen molar-refractivity contribution in [3.8, 4) is 0 Å². The molecular weight excluding hydrogens is 424 g/mol. The van der Waals surface area contributed by atoms with Gasteiger partial charge in [0.05, 0.1) is 5.56 Å². The smallest absolute Gasteiger partial charge is 1.00 e. The third-order valence-electron chi connectivity index (χ3n) is 6.66. The zero-order chi connectivity index (χ0) is 21.7. The Morgan fingerprint density at radius 2 is 1.65 bits per heavy atom. The number of carbonyl (C=O) groups is 4. The molecule has 1 N–H and O–H groups in total. The molecule has 3 atom stereocenters. The van der Waals surface area contributed by atoms with Gasteiger partial charge in [-0.25, -0.2) is 4.79 Å². The minimum atomic E-state index is -2.29. The Balaban J connectivity index is 0.00000181. The van der Waals surface area contributed by atoms with E-state index in [1.807, 2.05) is 0 Å². The van der Waals surface area contributed by atoms with Crippen LogP contribution in [0, 0.1) is 16.7 Å². The Bertz CT molecular complexity index is 1100. The fraction of sp³-hybridized carbons (Fsp3) is 0.304. The summed E-state index contributed by atoms with van der Waals surface area (Å²) in [6.45, 7) is 3.60. The number of ketones is 2. The Morgan fingerprint density at radius 3 is 2.19 bits per heavy atom. The fourth-order valence-corrected chi connectivity index (χ4v) is 5.86. The van der Waals surface area contributed by atoms with Crippen molar-refractivity contribution >= 4 is 41.8 Å². The van der Waals surface area contributed by atoms with E-state index >= 15 is 0 Å². The second kappa shape index (κ2) is 8.51. The molecule has 0 spiro atoms. The number of hydrogen-bond acceptors (Lipinski definition) is 5. The van der Waals surface area contributed by atoms with Crippen LogP contribution in [0.15, 0.2) is 54.6 Å². The molecule has 0 heterocycles. The van der Waals surface area contributed by atoms with E-state index in [0.717, 1.165) is 0 Å². The number of carbonyl (C=O) groups excluding carboxylic acids is 4. The first-order valence-corrected chi connectivity index (χ1v) is 11.0. The van der Waals surface area contributed by atoms with Crippen molar-refractivity contribution in [2.45, 2.75) is 26.7 Å². The molecule has 4 rings (SSSR count). The average molecular weight is 446 g/mol. The van der Waals surface area contributed by atoms with Gasteiger partial charge in [-0.3, -0.25) is 14.4 Å². The summed E-state index contributed by atoms with van der Waals surface area (Å²) < 4.78 is 12.6. The van der Waals surface area contributed by atoms with E-state index in [0.29, 0.717) is 29.4 Å². The molecule has 2 bridgehead atoms. The molecule has 0 aromatic heterocycles. The van der Waals surface area contributed by atoms with Crippen LogP contribution in [0.4, 0.5) is 5.69 Å². The van der Waals surface area contributed by atoms with Crippen LogP contribution in [-0.2, 0) is 18.9 Å². The molecule has 8 heteroatoms. The molecule has 6 nitrogen and oxygen atoms in total. The molecule has 2 aliphatic rings. The van der Waals surface area contributed by atoms with Crippen LogP contribution >= 0.6 is 7.80 Å². The summed E-state index contributed by atoms with van der Waals surface area (Å²) in [5.41, 5.74) is -1.74. The number of anilines is 1. The van der Waals surface area contributed by atoms with E-state index in [9.17, 15) is 23.7 Å². The third-order valence-corrected chi connectivity index (χ3v) is 8.05. The number of benzene rings is 2. The van der Waals surface area contributed by atoms with Crippen LogP contribution in [0.2, 0.25) is 0 Å². The van der Waals surface area contributed by atoms with E-state index in [1.54, 1.807) is 56.3 Å². The predicted octanol–water partition coefficient (Wildman–Crippen LogP) is 0.609. The van der Waals surface area contributed by atoms with Gasteiger partial charge in [-0.05, 0) is 54.7 Å². The van der Waals surface area contributed by atoms with Gasteiger partial charge in [0.15, 0.2) is 5.30 Å². The molecule has 0 aliphatic heterocycles. The SMILES string of the molecule is CC1(C)C2CCC1(C(=O)Nc1ccc([P+](=O)C(=O)c3ccccc3)cc1)C(=O)C2=O.[H-].[Na+]. The standard InChI is InChI=1S/C23H20NO5P.Na.H/c1-22(2)17-12-13-23(22,19(26)18(17)25)21(28)24-15-8-10-16(11-9-15)30(29)20(27)14-6-4-3-5-7-14;;/h3-11,17H,12-13H2,1-2H3;;/q;+1;-1/p+1. The van der Waals surface area contributed by atoms with Crippen molar-refractivity contribution in [2.24, 2.45) is 16.7 Å². The first-order valence-electron chi connectivity index (χ1n) is 9.77. The Kier molecular flexibility index (Phi) is 6.50. The van der Waals surface area contributed by atoms with Gasteiger partial charge in [0.1, 0.15) is 5.41 Å². The summed E-state index contributed by atoms with van der Waals surface area (Å²) in [7, 11) is -2.29. The van der Waals surface area contributed by atoms with Crippen molar-refractivity contribution < 1.29 is 54.7 Å². The van der Waals surface area contributed by atoms with Crippen molar-refractivity contribution in [2.75, 3.05) is 5.32 Å². The first-order chi connectivity index (χ1) is 14.2. The summed E-state index contributed by atoms with van der Waals surface area (Å²) in [6.07, 6.45) is 0.891. The largest absolute Gasteiger partial charge is 1.00 e. The van der Waals surface area contributed by atoms with Gasteiger partial charge < -0.3 is 6.74 Å². The molecule has 154 valence electrons. The molecule has 2 aromatic rings. The van der Waals surface area contributed by atoms with Crippen molar-refractivity contribution in [1.82, 2.24) is 0 Å². The predicted molar refractivity (Wildman–Crippen MR) is 113 cm³/mol. The Morgan fingerprint density at radius 1 is 1.03 bits per heavy atom. The van der Waals surface area contributed by atoms with Crippen LogP contribution in [0.5, 0.6) is 0 Å². The van der Waals surface area contributed by atoms with Crippen molar-refractivity contribution in [1.29, 1.82) is 0 Å². The molecule has 0 radical (unpaired) electrons. The molecule has 1 amide bonds. The summed E-state index contributed by atoms with van der Waals surface area (Å²) in [5, 5.41) is 3.09. The van der Waals surface area contributed by atoms with Crippen LogP contribution in [0.25, 0.3) is 0 Å². The normalized spacial score (nSPS) is 23.8. The molecule has 2 fully saturated rings. The number of hydrogen-bond donors (Lipinski definition) is 1. The number of fused-ring (bicyclic) bond motifs is 2. The number of rotatable bonds is 5. The van der Waals surface area contributed by atoms with Gasteiger partial charge in [-0.15, -0.1) is 0 Å². The summed E-state index contributed by atoms with van der Waals surface area (Å²) in [4.78, 5) is 50.3. The van der Waals surface area contributed by atoms with Crippen LogP contribution in [0.1, 0.15) is 38.5 Å². The Hall–Kier alpha value is -1.98. The minimum Gasteiger partial charge on any atom is -1.00 e. The summed E-state index contributed by atoms with van der Waals surface area (Å²) in [6, 6.07) is 14.6. The second-order valence-corrected chi connectivity index (χ2v) is 9.89. The molecule has 2 saturated carbocycles. The van der Waals surface area contributed by atoms with E-state index < -0.39 is 47.5 Å². The average Bonchev–Trinajstić information content (AvgIpc) is 3.10. The molecule has 31 heavy (non-hydrogen) atoms. The van der Waals surface area contributed by atoms with E-state index in [-0.39, 0.29) is 31.0 Å². The van der Waals surface area contributed by atoms with Crippen LogP contribution in [-0.4, -0.2) is 23.0 Å². The molecule has 2 aliphatic carbocycles. The molecule has 2 aromatic carbocycles. The molecule has 0 saturated heterocycles. The summed E-state index contributed by atoms with van der Waals surface area (Å²) >= 11 is 0. The zero-order valence-electron chi connectivity index (χ0n) is 18.7. The van der Waals surface area contributed by atoms with E-state index in [1.165, 1.54) is 12.1 Å². The maximum Gasteiger partial charge on any atom is 1.00 e. The van der Waals surface area contributed by atoms with Gasteiger partial charge in [0.2, 0.25) is 17.5 Å². The quantitative estimate of drug-likeness (QED) is 0.314. The van der Waals surface area contributed by atoms with Crippen LogP contribution < -0.4 is 40.2 Å². The van der Waals surface area contributed by atoms with Crippen molar-refractivity contribution in [3.05, 3.63) is 60.2 Å². The Labute approximate surface area is 204 Å².